The molecule has 1 heterocycles. The molecule has 20 heavy (non-hydrogen) atoms. The van der Waals surface area contributed by atoms with Crippen LogP contribution in [0.3, 0.4) is 0 Å². The smallest absolute Gasteiger partial charge is 0.339 e. The van der Waals surface area contributed by atoms with Gasteiger partial charge < -0.3 is 5.11 Å². The second kappa shape index (κ2) is 5.67. The molecule has 0 bridgehead atoms. The number of rotatable bonds is 4. The fraction of sp³-hybridized carbons (Fsp3) is 0.333. The van der Waals surface area contributed by atoms with Crippen LogP contribution in [-0.4, -0.2) is 20.9 Å². The van der Waals surface area contributed by atoms with Crippen molar-refractivity contribution in [1.29, 1.82) is 0 Å². The Balaban J connectivity index is 2.71. The summed E-state index contributed by atoms with van der Waals surface area (Å²) in [5.74, 6) is -0.884. The lowest BCUT2D eigenvalue weighted by atomic mass is 10.0. The standard InChI is InChI=1S/C15H17ClN2O2/c1-4-12-13(15(19)20)14(9(2)3)17-18(12)11-7-5-6-10(16)8-11/h5-9H,4H2,1-3H3,(H,19,20). The molecule has 5 heteroatoms. The van der Waals surface area contributed by atoms with Gasteiger partial charge in [-0.25, -0.2) is 9.48 Å². The quantitative estimate of drug-likeness (QED) is 0.929. The topological polar surface area (TPSA) is 55.1 Å². The number of nitrogens with zero attached hydrogens (tertiary/aromatic N) is 2. The van der Waals surface area contributed by atoms with E-state index in [1.807, 2.05) is 32.9 Å². The lowest BCUT2D eigenvalue weighted by Gasteiger charge is -2.06. The van der Waals surface area contributed by atoms with Crippen LogP contribution in [0.2, 0.25) is 5.02 Å². The highest BCUT2D eigenvalue weighted by Gasteiger charge is 2.24. The minimum Gasteiger partial charge on any atom is -0.478 e. The van der Waals surface area contributed by atoms with E-state index in [9.17, 15) is 9.90 Å². The van der Waals surface area contributed by atoms with E-state index in [-0.39, 0.29) is 5.92 Å². The van der Waals surface area contributed by atoms with Gasteiger partial charge in [-0.1, -0.05) is 38.4 Å². The predicted octanol–water partition coefficient (Wildman–Crippen LogP) is 3.91. The molecule has 0 saturated carbocycles. The zero-order chi connectivity index (χ0) is 14.9. The van der Waals surface area contributed by atoms with Crippen molar-refractivity contribution in [2.24, 2.45) is 0 Å². The molecule has 106 valence electrons. The molecule has 1 N–H and O–H groups in total. The van der Waals surface area contributed by atoms with E-state index in [4.69, 9.17) is 11.6 Å². The molecular formula is C15H17ClN2O2. The fourth-order valence-corrected chi connectivity index (χ4v) is 2.44. The van der Waals surface area contributed by atoms with E-state index in [0.717, 1.165) is 5.69 Å². The van der Waals surface area contributed by atoms with Crippen molar-refractivity contribution >= 4 is 17.6 Å². The summed E-state index contributed by atoms with van der Waals surface area (Å²) < 4.78 is 1.69. The number of aromatic nitrogens is 2. The highest BCUT2D eigenvalue weighted by molar-refractivity contribution is 6.30. The molecule has 0 amide bonds. The molecule has 1 aromatic heterocycles. The maximum Gasteiger partial charge on any atom is 0.339 e. The molecule has 0 saturated heterocycles. The number of carboxylic acid groups (broad SMARTS) is 1. The van der Waals surface area contributed by atoms with Crippen LogP contribution in [0.15, 0.2) is 24.3 Å². The summed E-state index contributed by atoms with van der Waals surface area (Å²) in [6, 6.07) is 7.26. The monoisotopic (exact) mass is 292 g/mol. The average Bonchev–Trinajstić information content (AvgIpc) is 2.78. The molecule has 4 nitrogen and oxygen atoms in total. The Kier molecular flexibility index (Phi) is 4.14. The lowest BCUT2D eigenvalue weighted by Crippen LogP contribution is -2.06. The summed E-state index contributed by atoms with van der Waals surface area (Å²) in [4.78, 5) is 11.5. The van der Waals surface area contributed by atoms with Gasteiger partial charge >= 0.3 is 5.97 Å². The molecule has 1 aromatic carbocycles. The van der Waals surface area contributed by atoms with Gasteiger partial charge in [0.25, 0.3) is 0 Å². The molecule has 0 atom stereocenters. The molecule has 0 fully saturated rings. The summed E-state index contributed by atoms with van der Waals surface area (Å²) in [6.45, 7) is 5.81. The Hall–Kier alpha value is -1.81. The zero-order valence-corrected chi connectivity index (χ0v) is 12.5. The number of halogens is 1. The molecule has 2 rings (SSSR count). The predicted molar refractivity (Wildman–Crippen MR) is 79.0 cm³/mol. The maximum absolute atomic E-state index is 11.5. The van der Waals surface area contributed by atoms with Gasteiger partial charge in [0.05, 0.1) is 17.1 Å². The Morgan fingerprint density at radius 3 is 2.65 bits per heavy atom. The van der Waals surface area contributed by atoms with Crippen LogP contribution in [0.5, 0.6) is 0 Å². The number of hydrogen-bond donors (Lipinski definition) is 1. The van der Waals surface area contributed by atoms with Crippen molar-refractivity contribution in [2.75, 3.05) is 0 Å². The number of benzene rings is 1. The normalized spacial score (nSPS) is 11.1. The molecular weight excluding hydrogens is 276 g/mol. The molecule has 2 aromatic rings. The summed E-state index contributed by atoms with van der Waals surface area (Å²) in [5.41, 5.74) is 2.39. The lowest BCUT2D eigenvalue weighted by molar-refractivity contribution is 0.0694. The molecule has 0 aliphatic carbocycles. The van der Waals surface area contributed by atoms with Gasteiger partial charge in [0.2, 0.25) is 0 Å². The van der Waals surface area contributed by atoms with Crippen LogP contribution in [-0.2, 0) is 6.42 Å². The van der Waals surface area contributed by atoms with Crippen molar-refractivity contribution in [3.8, 4) is 5.69 Å². The molecule has 0 unspecified atom stereocenters. The van der Waals surface area contributed by atoms with Gasteiger partial charge in [0.15, 0.2) is 0 Å². The number of carboxylic acids is 1. The SMILES string of the molecule is CCc1c(C(=O)O)c(C(C)C)nn1-c1cccc(Cl)c1. The van der Waals surface area contributed by atoms with Crippen LogP contribution < -0.4 is 0 Å². The first kappa shape index (κ1) is 14.6. The Bertz CT molecular complexity index is 647. The molecule has 0 radical (unpaired) electrons. The molecule has 0 spiro atoms. The van der Waals surface area contributed by atoms with Crippen LogP contribution >= 0.6 is 11.6 Å². The van der Waals surface area contributed by atoms with Gasteiger partial charge in [-0.05, 0) is 30.5 Å². The number of aromatic carboxylic acids is 1. The molecule has 0 aliphatic heterocycles. The highest BCUT2D eigenvalue weighted by Crippen LogP contribution is 2.26. The van der Waals surface area contributed by atoms with Gasteiger partial charge in [0, 0.05) is 5.02 Å². The van der Waals surface area contributed by atoms with E-state index in [0.29, 0.717) is 28.4 Å². The van der Waals surface area contributed by atoms with Crippen molar-refractivity contribution < 1.29 is 9.90 Å². The summed E-state index contributed by atoms with van der Waals surface area (Å²) in [6.07, 6.45) is 0.591. The Labute approximate surface area is 123 Å². The van der Waals surface area contributed by atoms with E-state index in [1.165, 1.54) is 0 Å². The summed E-state index contributed by atoms with van der Waals surface area (Å²) >= 11 is 6.00. The first-order chi connectivity index (χ1) is 9.45. The first-order valence-electron chi connectivity index (χ1n) is 6.56. The van der Waals surface area contributed by atoms with E-state index in [2.05, 4.69) is 5.10 Å². The van der Waals surface area contributed by atoms with Gasteiger partial charge in [-0.3, -0.25) is 0 Å². The van der Waals surface area contributed by atoms with Crippen LogP contribution in [0.25, 0.3) is 5.69 Å². The first-order valence-corrected chi connectivity index (χ1v) is 6.94. The van der Waals surface area contributed by atoms with Gasteiger partial charge in [-0.2, -0.15) is 5.10 Å². The highest BCUT2D eigenvalue weighted by atomic mass is 35.5. The summed E-state index contributed by atoms with van der Waals surface area (Å²) in [7, 11) is 0. The third kappa shape index (κ3) is 2.56. The van der Waals surface area contributed by atoms with Crippen molar-refractivity contribution in [3.05, 3.63) is 46.2 Å². The number of hydrogen-bond acceptors (Lipinski definition) is 2. The van der Waals surface area contributed by atoms with Crippen LogP contribution in [0, 0.1) is 0 Å². The zero-order valence-electron chi connectivity index (χ0n) is 11.7. The average molecular weight is 293 g/mol. The van der Waals surface area contributed by atoms with Crippen LogP contribution in [0.4, 0.5) is 0 Å². The van der Waals surface area contributed by atoms with Crippen molar-refractivity contribution in [1.82, 2.24) is 9.78 Å². The minimum absolute atomic E-state index is 0.0480. The molecule has 0 aliphatic rings. The van der Waals surface area contributed by atoms with Gasteiger partial charge in [-0.15, -0.1) is 0 Å². The number of carbonyl (C=O) groups is 1. The second-order valence-electron chi connectivity index (χ2n) is 4.91. The fourth-order valence-electron chi connectivity index (χ4n) is 2.26. The summed E-state index contributed by atoms with van der Waals surface area (Å²) in [5, 5.41) is 14.6. The minimum atomic E-state index is -0.932. The van der Waals surface area contributed by atoms with Gasteiger partial charge in [0.1, 0.15) is 5.56 Å². The Morgan fingerprint density at radius 2 is 2.15 bits per heavy atom. The largest absolute Gasteiger partial charge is 0.478 e. The third-order valence-corrected chi connectivity index (χ3v) is 3.39. The van der Waals surface area contributed by atoms with Crippen LogP contribution in [0.1, 0.15) is 48.4 Å². The van der Waals surface area contributed by atoms with Crippen molar-refractivity contribution in [2.45, 2.75) is 33.1 Å². The third-order valence-electron chi connectivity index (χ3n) is 3.16. The van der Waals surface area contributed by atoms with Crippen molar-refractivity contribution in [3.63, 3.8) is 0 Å². The van der Waals surface area contributed by atoms with E-state index in [1.54, 1.807) is 16.8 Å². The Morgan fingerprint density at radius 1 is 1.45 bits per heavy atom. The van der Waals surface area contributed by atoms with E-state index >= 15 is 0 Å². The van der Waals surface area contributed by atoms with E-state index < -0.39 is 5.97 Å². The maximum atomic E-state index is 11.5. The second-order valence-corrected chi connectivity index (χ2v) is 5.35.